The van der Waals surface area contributed by atoms with Gasteiger partial charge in [0, 0.05) is 0 Å². The van der Waals surface area contributed by atoms with Crippen molar-refractivity contribution in [1.82, 2.24) is 0 Å². The van der Waals surface area contributed by atoms with Crippen LogP contribution < -0.4 is 64.0 Å². The first-order chi connectivity index (χ1) is 9.99. The molecule has 0 aromatic carbocycles. The van der Waals surface area contributed by atoms with E-state index in [1.54, 1.807) is 0 Å². The van der Waals surface area contributed by atoms with E-state index >= 15 is 0 Å². The molecule has 4 nitrogen and oxygen atoms in total. The molecule has 0 aromatic heterocycles. The molecule has 0 saturated carbocycles. The van der Waals surface area contributed by atoms with E-state index in [1.807, 2.05) is 0 Å². The Morgan fingerprint density at radius 3 is 1.43 bits per heavy atom. The second-order valence-electron chi connectivity index (χ2n) is 5.87. The first-order valence-corrected chi connectivity index (χ1v) is 10.0. The minimum atomic E-state index is -4.14. The summed E-state index contributed by atoms with van der Waals surface area (Å²) in [4.78, 5) is 11.8. The van der Waals surface area contributed by atoms with E-state index in [2.05, 4.69) is 27.7 Å². The molecule has 0 spiro atoms. The summed E-state index contributed by atoms with van der Waals surface area (Å²) in [7, 11) is -4.14. The molecule has 2 unspecified atom stereocenters. The van der Waals surface area contributed by atoms with Gasteiger partial charge in [-0.3, -0.25) is 4.57 Å². The van der Waals surface area contributed by atoms with Crippen molar-refractivity contribution in [2.75, 3.05) is 13.2 Å². The zero-order valence-corrected chi connectivity index (χ0v) is 21.2. The first kappa shape index (κ1) is 29.9. The molecule has 0 heterocycles. The average molecular weight is 367 g/mol. The molecule has 0 aliphatic rings. The van der Waals surface area contributed by atoms with Gasteiger partial charge < -0.3 is 13.9 Å². The van der Waals surface area contributed by atoms with E-state index in [0.29, 0.717) is 11.8 Å². The Hall–Kier alpha value is 2.11. The minimum Gasteiger partial charge on any atom is -0.756 e. The largest absolute Gasteiger partial charge is 1.00 e. The SMILES string of the molecule is CCCCC(CC)COP(=O)([O-])OCC(CC)CCCC.[Na+].[Na+]. The minimum absolute atomic E-state index is 0. The van der Waals surface area contributed by atoms with Crippen molar-refractivity contribution < 1.29 is 77.6 Å². The fourth-order valence-electron chi connectivity index (χ4n) is 2.23. The molecule has 7 heteroatoms. The van der Waals surface area contributed by atoms with Crippen molar-refractivity contribution >= 4 is 7.82 Å². The Balaban J connectivity index is -0.00000200. The zero-order chi connectivity index (χ0) is 16.1. The molecule has 0 aromatic rings. The van der Waals surface area contributed by atoms with Gasteiger partial charge >= 0.3 is 59.1 Å². The van der Waals surface area contributed by atoms with Crippen molar-refractivity contribution in [3.8, 4) is 0 Å². The van der Waals surface area contributed by atoms with Crippen molar-refractivity contribution in [3.63, 3.8) is 0 Å². The Labute approximate surface area is 188 Å². The Morgan fingerprint density at radius 2 is 1.17 bits per heavy atom. The predicted octanol–water partition coefficient (Wildman–Crippen LogP) is -1.07. The summed E-state index contributed by atoms with van der Waals surface area (Å²) in [6, 6.07) is 0. The number of hydrogen-bond donors (Lipinski definition) is 0. The summed E-state index contributed by atoms with van der Waals surface area (Å²) < 4.78 is 21.9. The summed E-state index contributed by atoms with van der Waals surface area (Å²) in [6.45, 7) is 8.91. The van der Waals surface area contributed by atoms with E-state index in [4.69, 9.17) is 9.05 Å². The van der Waals surface area contributed by atoms with Crippen LogP contribution in [-0.2, 0) is 13.6 Å². The summed E-state index contributed by atoms with van der Waals surface area (Å²) in [6.07, 6.45) is 8.38. The van der Waals surface area contributed by atoms with E-state index in [-0.39, 0.29) is 72.3 Å². The summed E-state index contributed by atoms with van der Waals surface area (Å²) in [5.41, 5.74) is 0. The molecule has 0 aliphatic carbocycles. The van der Waals surface area contributed by atoms with Crippen LogP contribution in [0.1, 0.15) is 79.1 Å². The molecule has 0 aliphatic heterocycles. The maximum absolute atomic E-state index is 11.8. The smallest absolute Gasteiger partial charge is 0.756 e. The van der Waals surface area contributed by atoms with Crippen molar-refractivity contribution in [2.45, 2.75) is 79.1 Å². The Kier molecular flexibility index (Phi) is 24.5. The van der Waals surface area contributed by atoms with Crippen LogP contribution in [0.4, 0.5) is 0 Å². The number of phosphoric ester groups is 1. The van der Waals surface area contributed by atoms with Crippen LogP contribution in [-0.4, -0.2) is 13.2 Å². The second kappa shape index (κ2) is 18.9. The van der Waals surface area contributed by atoms with Gasteiger partial charge in [-0.25, -0.2) is 0 Å². The monoisotopic (exact) mass is 367 g/mol. The Bertz CT molecular complexity index is 269. The van der Waals surface area contributed by atoms with Gasteiger partial charge in [0.15, 0.2) is 0 Å². The maximum Gasteiger partial charge on any atom is 1.00 e. The van der Waals surface area contributed by atoms with Crippen molar-refractivity contribution in [3.05, 3.63) is 0 Å². The van der Waals surface area contributed by atoms with Crippen LogP contribution in [0.2, 0.25) is 0 Å². The van der Waals surface area contributed by atoms with E-state index in [0.717, 1.165) is 51.4 Å². The molecule has 0 amide bonds. The molecule has 2 atom stereocenters. The maximum atomic E-state index is 11.8. The molecular formula is C16H34Na2O4P+. The average Bonchev–Trinajstić information content (AvgIpc) is 2.47. The molecule has 0 radical (unpaired) electrons. The van der Waals surface area contributed by atoms with Crippen LogP contribution in [0.3, 0.4) is 0 Å². The van der Waals surface area contributed by atoms with Gasteiger partial charge in [-0.05, 0) is 24.7 Å². The van der Waals surface area contributed by atoms with Crippen molar-refractivity contribution in [1.29, 1.82) is 0 Å². The third-order valence-electron chi connectivity index (χ3n) is 4.02. The van der Waals surface area contributed by atoms with Gasteiger partial charge in [0.1, 0.15) is 0 Å². The van der Waals surface area contributed by atoms with E-state index < -0.39 is 7.82 Å². The fraction of sp³-hybridized carbons (Fsp3) is 1.00. The molecule has 23 heavy (non-hydrogen) atoms. The molecule has 0 bridgehead atoms. The summed E-state index contributed by atoms with van der Waals surface area (Å²) >= 11 is 0. The van der Waals surface area contributed by atoms with E-state index in [1.165, 1.54) is 0 Å². The van der Waals surface area contributed by atoms with Crippen LogP contribution in [0.25, 0.3) is 0 Å². The molecule has 0 N–H and O–H groups in total. The second-order valence-corrected chi connectivity index (χ2v) is 7.28. The fourth-order valence-corrected chi connectivity index (χ4v) is 3.09. The third kappa shape index (κ3) is 17.3. The quantitative estimate of drug-likeness (QED) is 0.290. The van der Waals surface area contributed by atoms with Gasteiger partial charge in [-0.2, -0.15) is 0 Å². The third-order valence-corrected chi connectivity index (χ3v) is 4.95. The van der Waals surface area contributed by atoms with Crippen LogP contribution in [0.15, 0.2) is 0 Å². The number of phosphoric acid groups is 1. The molecule has 128 valence electrons. The van der Waals surface area contributed by atoms with Crippen molar-refractivity contribution in [2.24, 2.45) is 11.8 Å². The van der Waals surface area contributed by atoms with Crippen LogP contribution in [0, 0.1) is 11.8 Å². The topological polar surface area (TPSA) is 58.6 Å². The number of rotatable bonds is 14. The molecular weight excluding hydrogens is 333 g/mol. The predicted molar refractivity (Wildman–Crippen MR) is 86.1 cm³/mol. The number of unbranched alkanes of at least 4 members (excludes halogenated alkanes) is 2. The standard InChI is InChI=1S/C16H35O4P.2Na/c1-5-9-11-15(7-3)13-19-21(17,18)20-14-16(8-4)12-10-6-2;;/h15-16H,5-14H2,1-4H3,(H,17,18);;/q;2*+1/p-1. The van der Waals surface area contributed by atoms with Gasteiger partial charge in [0.2, 0.25) is 0 Å². The first-order valence-electron chi connectivity index (χ1n) is 8.59. The van der Waals surface area contributed by atoms with Crippen LogP contribution in [0.5, 0.6) is 0 Å². The summed E-state index contributed by atoms with van der Waals surface area (Å²) in [5, 5.41) is 0. The Morgan fingerprint density at radius 1 is 0.826 bits per heavy atom. The number of hydrogen-bond acceptors (Lipinski definition) is 4. The van der Waals surface area contributed by atoms with E-state index in [9.17, 15) is 9.46 Å². The van der Waals surface area contributed by atoms with Gasteiger partial charge in [0.25, 0.3) is 7.82 Å². The normalized spacial score (nSPS) is 15.9. The van der Waals surface area contributed by atoms with Gasteiger partial charge in [-0.1, -0.05) is 66.2 Å². The zero-order valence-electron chi connectivity index (χ0n) is 16.3. The van der Waals surface area contributed by atoms with Gasteiger partial charge in [-0.15, -0.1) is 0 Å². The van der Waals surface area contributed by atoms with Crippen LogP contribution >= 0.6 is 7.82 Å². The van der Waals surface area contributed by atoms with Gasteiger partial charge in [0.05, 0.1) is 13.2 Å². The summed E-state index contributed by atoms with van der Waals surface area (Å²) in [5.74, 6) is 0.607. The molecule has 0 fully saturated rings. The molecule has 0 saturated heterocycles. The molecule has 0 rings (SSSR count).